The third kappa shape index (κ3) is 3.22. The van der Waals surface area contributed by atoms with Crippen molar-refractivity contribution in [2.24, 2.45) is 17.8 Å². The monoisotopic (exact) mass is 256 g/mol. The van der Waals surface area contributed by atoms with Crippen LogP contribution in [0.5, 0.6) is 0 Å². The van der Waals surface area contributed by atoms with Gasteiger partial charge in [0.2, 0.25) is 0 Å². The fourth-order valence-electron chi connectivity index (χ4n) is 2.74. The lowest BCUT2D eigenvalue weighted by molar-refractivity contribution is -0.154. The molecule has 1 saturated heterocycles. The first-order valence-corrected chi connectivity index (χ1v) is 6.53. The van der Waals surface area contributed by atoms with Gasteiger partial charge in [-0.1, -0.05) is 0 Å². The lowest BCUT2D eigenvalue weighted by Gasteiger charge is -2.32. The Morgan fingerprint density at radius 2 is 2.11 bits per heavy atom. The van der Waals surface area contributed by atoms with E-state index in [4.69, 9.17) is 4.74 Å². The summed E-state index contributed by atoms with van der Waals surface area (Å²) in [4.78, 5) is 22.6. The molecule has 3 atom stereocenters. The molecule has 0 spiro atoms. The lowest BCUT2D eigenvalue weighted by atomic mass is 9.81. The van der Waals surface area contributed by atoms with Gasteiger partial charge in [-0.25, -0.2) is 0 Å². The zero-order valence-corrected chi connectivity index (χ0v) is 10.6. The summed E-state index contributed by atoms with van der Waals surface area (Å²) >= 11 is 0. The molecule has 102 valence electrons. The molecule has 0 unspecified atom stereocenters. The maximum atomic E-state index is 11.3. The first kappa shape index (κ1) is 13.3. The largest absolute Gasteiger partial charge is 0.481 e. The van der Waals surface area contributed by atoms with E-state index in [0.29, 0.717) is 12.5 Å². The van der Waals surface area contributed by atoms with Crippen molar-refractivity contribution in [3.8, 4) is 0 Å². The van der Waals surface area contributed by atoms with Crippen molar-refractivity contribution in [1.29, 1.82) is 0 Å². The number of methoxy groups -OCH3 is 1. The zero-order chi connectivity index (χ0) is 13.1. The molecule has 2 fully saturated rings. The Balaban J connectivity index is 1.95. The average molecular weight is 256 g/mol. The van der Waals surface area contributed by atoms with Gasteiger partial charge in [-0.2, -0.15) is 0 Å². The van der Waals surface area contributed by atoms with Gasteiger partial charge < -0.3 is 14.6 Å². The fourth-order valence-corrected chi connectivity index (χ4v) is 2.74. The van der Waals surface area contributed by atoms with Crippen LogP contribution in [0, 0.1) is 17.8 Å². The lowest BCUT2D eigenvalue weighted by Crippen LogP contribution is -2.35. The van der Waals surface area contributed by atoms with Crippen LogP contribution in [-0.2, 0) is 19.1 Å². The van der Waals surface area contributed by atoms with Gasteiger partial charge in [-0.05, 0) is 37.5 Å². The molecule has 2 aliphatic rings. The number of rotatable bonds is 5. The Morgan fingerprint density at radius 3 is 2.67 bits per heavy atom. The van der Waals surface area contributed by atoms with Gasteiger partial charge in [-0.15, -0.1) is 0 Å². The Kier molecular flexibility index (Phi) is 4.22. The number of carbonyl (C=O) groups is 2. The van der Waals surface area contributed by atoms with Crippen LogP contribution in [0.4, 0.5) is 0 Å². The summed E-state index contributed by atoms with van der Waals surface area (Å²) in [6.45, 7) is 0.608. The molecule has 0 radical (unpaired) electrons. The maximum Gasteiger partial charge on any atom is 0.307 e. The summed E-state index contributed by atoms with van der Waals surface area (Å²) in [6, 6.07) is 0. The number of hydrogen-bond acceptors (Lipinski definition) is 4. The molecule has 1 saturated carbocycles. The summed E-state index contributed by atoms with van der Waals surface area (Å²) in [5.74, 6) is -1.34. The Hall–Kier alpha value is -1.10. The van der Waals surface area contributed by atoms with Crippen molar-refractivity contribution < 1.29 is 24.2 Å². The molecule has 0 bridgehead atoms. The van der Waals surface area contributed by atoms with Crippen molar-refractivity contribution in [3.05, 3.63) is 0 Å². The minimum Gasteiger partial charge on any atom is -0.481 e. The van der Waals surface area contributed by atoms with E-state index in [9.17, 15) is 14.7 Å². The van der Waals surface area contributed by atoms with Crippen molar-refractivity contribution in [2.75, 3.05) is 13.7 Å². The van der Waals surface area contributed by atoms with E-state index < -0.39 is 17.9 Å². The number of ether oxygens (including phenoxy) is 2. The SMILES string of the molecule is COC(=O)C[C@@H](C(=O)O)[C@@H]1CCO[C@H](C2CC2)C1. The van der Waals surface area contributed by atoms with E-state index in [1.165, 1.54) is 20.0 Å². The van der Waals surface area contributed by atoms with E-state index in [2.05, 4.69) is 4.74 Å². The first-order valence-electron chi connectivity index (χ1n) is 6.53. The molecule has 0 aromatic heterocycles. The molecule has 1 N–H and O–H groups in total. The molecular weight excluding hydrogens is 236 g/mol. The van der Waals surface area contributed by atoms with Gasteiger partial charge in [0.25, 0.3) is 0 Å². The predicted molar refractivity (Wildman–Crippen MR) is 62.9 cm³/mol. The van der Waals surface area contributed by atoms with Crippen molar-refractivity contribution in [2.45, 2.75) is 38.2 Å². The summed E-state index contributed by atoms with van der Waals surface area (Å²) in [6.07, 6.45) is 4.02. The highest BCUT2D eigenvalue weighted by Gasteiger charge is 2.40. The van der Waals surface area contributed by atoms with Gasteiger partial charge in [0.15, 0.2) is 0 Å². The van der Waals surface area contributed by atoms with E-state index >= 15 is 0 Å². The predicted octanol–water partition coefficient (Wildman–Crippen LogP) is 1.46. The summed E-state index contributed by atoms with van der Waals surface area (Å²) in [7, 11) is 1.29. The van der Waals surface area contributed by atoms with Gasteiger partial charge in [0.1, 0.15) is 0 Å². The number of carbonyl (C=O) groups excluding carboxylic acids is 1. The topological polar surface area (TPSA) is 72.8 Å². The van der Waals surface area contributed by atoms with E-state index in [-0.39, 0.29) is 18.4 Å². The van der Waals surface area contributed by atoms with Crippen molar-refractivity contribution in [3.63, 3.8) is 0 Å². The molecule has 5 nitrogen and oxygen atoms in total. The summed E-state index contributed by atoms with van der Waals surface area (Å²) in [5.41, 5.74) is 0. The van der Waals surface area contributed by atoms with E-state index in [1.54, 1.807) is 0 Å². The normalized spacial score (nSPS) is 29.6. The highest BCUT2D eigenvalue weighted by atomic mass is 16.5. The smallest absolute Gasteiger partial charge is 0.307 e. The molecule has 2 rings (SSSR count). The molecule has 1 aliphatic carbocycles. The third-order valence-corrected chi connectivity index (χ3v) is 4.00. The second kappa shape index (κ2) is 5.69. The molecule has 0 amide bonds. The molecule has 1 heterocycles. The Labute approximate surface area is 106 Å². The Bertz CT molecular complexity index is 323. The second-order valence-corrected chi connectivity index (χ2v) is 5.26. The Morgan fingerprint density at radius 1 is 1.39 bits per heavy atom. The van der Waals surface area contributed by atoms with Crippen LogP contribution < -0.4 is 0 Å². The fraction of sp³-hybridized carbons (Fsp3) is 0.846. The standard InChI is InChI=1S/C13H20O5/c1-17-12(14)7-10(13(15)16)9-4-5-18-11(6-9)8-2-3-8/h8-11H,2-7H2,1H3,(H,15,16)/t9-,10-,11+/m1/s1. The van der Waals surface area contributed by atoms with Crippen LogP contribution in [0.2, 0.25) is 0 Å². The average Bonchev–Trinajstić information content (AvgIpc) is 3.19. The minimum atomic E-state index is -0.901. The molecule has 0 aromatic carbocycles. The maximum absolute atomic E-state index is 11.3. The number of carboxylic acid groups (broad SMARTS) is 1. The van der Waals surface area contributed by atoms with Crippen LogP contribution >= 0.6 is 0 Å². The number of carboxylic acids is 1. The zero-order valence-electron chi connectivity index (χ0n) is 10.6. The van der Waals surface area contributed by atoms with E-state index in [0.717, 1.165) is 12.8 Å². The number of hydrogen-bond donors (Lipinski definition) is 1. The second-order valence-electron chi connectivity index (χ2n) is 5.26. The number of esters is 1. The van der Waals surface area contributed by atoms with Gasteiger partial charge in [0.05, 0.1) is 25.6 Å². The molecule has 18 heavy (non-hydrogen) atoms. The quantitative estimate of drug-likeness (QED) is 0.754. The summed E-state index contributed by atoms with van der Waals surface area (Å²) < 4.78 is 10.3. The van der Waals surface area contributed by atoms with Crippen LogP contribution in [0.3, 0.4) is 0 Å². The van der Waals surface area contributed by atoms with Gasteiger partial charge in [0, 0.05) is 6.61 Å². The number of aliphatic carboxylic acids is 1. The van der Waals surface area contributed by atoms with Crippen LogP contribution in [0.1, 0.15) is 32.1 Å². The van der Waals surface area contributed by atoms with Crippen LogP contribution in [-0.4, -0.2) is 36.9 Å². The summed E-state index contributed by atoms with van der Waals surface area (Å²) in [5, 5.41) is 9.26. The van der Waals surface area contributed by atoms with Crippen LogP contribution in [0.25, 0.3) is 0 Å². The van der Waals surface area contributed by atoms with Crippen molar-refractivity contribution in [1.82, 2.24) is 0 Å². The first-order chi connectivity index (χ1) is 8.61. The molecule has 0 aromatic rings. The highest BCUT2D eigenvalue weighted by Crippen LogP contribution is 2.41. The highest BCUT2D eigenvalue weighted by molar-refractivity contribution is 5.78. The van der Waals surface area contributed by atoms with E-state index in [1.807, 2.05) is 0 Å². The molecule has 1 aliphatic heterocycles. The molecular formula is C13H20O5. The minimum absolute atomic E-state index is 0.0287. The molecule has 5 heteroatoms. The van der Waals surface area contributed by atoms with Crippen molar-refractivity contribution >= 4 is 11.9 Å². The third-order valence-electron chi connectivity index (χ3n) is 4.00. The van der Waals surface area contributed by atoms with Crippen LogP contribution in [0.15, 0.2) is 0 Å². The van der Waals surface area contributed by atoms with Gasteiger partial charge >= 0.3 is 11.9 Å². The van der Waals surface area contributed by atoms with Gasteiger partial charge in [-0.3, -0.25) is 9.59 Å².